The summed E-state index contributed by atoms with van der Waals surface area (Å²) in [5, 5.41) is 0. The zero-order chi connectivity index (χ0) is 10.6. The molecule has 78 valence electrons. The van der Waals surface area contributed by atoms with Gasteiger partial charge in [0.15, 0.2) is 0 Å². The summed E-state index contributed by atoms with van der Waals surface area (Å²) in [6.45, 7) is 7.02. The lowest BCUT2D eigenvalue weighted by molar-refractivity contribution is -0.000976. The van der Waals surface area contributed by atoms with Gasteiger partial charge in [-0.2, -0.15) is 0 Å². The normalized spacial score (nSPS) is 11.7. The Morgan fingerprint density at radius 2 is 1.71 bits per heavy atom. The monoisotopic (exact) mass is 256 g/mol. The molecule has 1 rings (SSSR count). The van der Waals surface area contributed by atoms with Crippen molar-refractivity contribution in [1.82, 2.24) is 0 Å². The molecule has 1 nitrogen and oxygen atoms in total. The number of benzene rings is 1. The fourth-order valence-electron chi connectivity index (χ4n) is 1.13. The van der Waals surface area contributed by atoms with Crippen LogP contribution in [0.5, 0.6) is 0 Å². The van der Waals surface area contributed by atoms with Crippen molar-refractivity contribution < 1.29 is 4.74 Å². The first-order valence-electron chi connectivity index (χ1n) is 4.86. The summed E-state index contributed by atoms with van der Waals surface area (Å²) >= 11 is 3.41. The second-order valence-electron chi connectivity index (χ2n) is 4.34. The molecule has 0 fully saturated rings. The largest absolute Gasteiger partial charge is 0.376 e. The summed E-state index contributed by atoms with van der Waals surface area (Å²) < 4.78 is 6.77. The third-order valence-corrected chi connectivity index (χ3v) is 2.37. The van der Waals surface area contributed by atoms with Crippen molar-refractivity contribution in [2.45, 2.75) is 32.8 Å². The van der Waals surface area contributed by atoms with Gasteiger partial charge in [0.2, 0.25) is 0 Å². The second-order valence-corrected chi connectivity index (χ2v) is 5.25. The van der Waals surface area contributed by atoms with Crippen molar-refractivity contribution in [1.29, 1.82) is 0 Å². The van der Waals surface area contributed by atoms with Gasteiger partial charge in [-0.15, -0.1) is 0 Å². The summed E-state index contributed by atoms with van der Waals surface area (Å²) in [5.74, 6) is 0. The van der Waals surface area contributed by atoms with E-state index in [2.05, 4.69) is 61.0 Å². The lowest BCUT2D eigenvalue weighted by Gasteiger charge is -2.19. The number of hydrogen-bond donors (Lipinski definition) is 0. The van der Waals surface area contributed by atoms with Crippen LogP contribution in [0.4, 0.5) is 0 Å². The molecular weight excluding hydrogens is 240 g/mol. The molecule has 0 radical (unpaired) electrons. The van der Waals surface area contributed by atoms with E-state index in [9.17, 15) is 0 Å². The van der Waals surface area contributed by atoms with Crippen LogP contribution in [0.25, 0.3) is 0 Å². The molecule has 0 aliphatic carbocycles. The number of hydrogen-bond acceptors (Lipinski definition) is 1. The van der Waals surface area contributed by atoms with Crippen LogP contribution in [-0.2, 0) is 11.2 Å². The van der Waals surface area contributed by atoms with Gasteiger partial charge >= 0.3 is 0 Å². The Morgan fingerprint density at radius 3 is 2.21 bits per heavy atom. The molecule has 0 spiro atoms. The van der Waals surface area contributed by atoms with Gasteiger partial charge in [0, 0.05) is 4.47 Å². The molecule has 0 heterocycles. The van der Waals surface area contributed by atoms with Gasteiger partial charge < -0.3 is 4.74 Å². The smallest absolute Gasteiger partial charge is 0.0598 e. The first-order chi connectivity index (χ1) is 6.47. The molecule has 0 aliphatic heterocycles. The Kier molecular flexibility index (Phi) is 4.14. The molecule has 0 amide bonds. The lowest BCUT2D eigenvalue weighted by Crippen LogP contribution is -2.20. The predicted molar refractivity (Wildman–Crippen MR) is 63.6 cm³/mol. The van der Waals surface area contributed by atoms with Crippen LogP contribution in [0.3, 0.4) is 0 Å². The quantitative estimate of drug-likeness (QED) is 0.800. The fraction of sp³-hybridized carbons (Fsp3) is 0.500. The van der Waals surface area contributed by atoms with E-state index >= 15 is 0 Å². The Bertz CT molecular complexity index is 271. The van der Waals surface area contributed by atoms with Crippen LogP contribution in [-0.4, -0.2) is 12.2 Å². The third kappa shape index (κ3) is 4.77. The molecular formula is C12H17BrO. The Balaban J connectivity index is 2.35. The van der Waals surface area contributed by atoms with E-state index in [1.807, 2.05) is 0 Å². The second kappa shape index (κ2) is 4.94. The Morgan fingerprint density at radius 1 is 1.14 bits per heavy atom. The highest BCUT2D eigenvalue weighted by molar-refractivity contribution is 9.10. The fourth-order valence-corrected chi connectivity index (χ4v) is 1.39. The van der Waals surface area contributed by atoms with Crippen LogP contribution in [0.1, 0.15) is 26.3 Å². The maximum atomic E-state index is 5.65. The van der Waals surface area contributed by atoms with Crippen molar-refractivity contribution in [3.05, 3.63) is 34.3 Å². The minimum absolute atomic E-state index is 0.0324. The van der Waals surface area contributed by atoms with E-state index in [-0.39, 0.29) is 5.60 Å². The molecule has 2 heteroatoms. The van der Waals surface area contributed by atoms with Crippen molar-refractivity contribution >= 4 is 15.9 Å². The van der Waals surface area contributed by atoms with Crippen LogP contribution in [0, 0.1) is 0 Å². The average molecular weight is 257 g/mol. The van der Waals surface area contributed by atoms with Gasteiger partial charge in [0.1, 0.15) is 0 Å². The molecule has 1 aromatic rings. The van der Waals surface area contributed by atoms with Gasteiger partial charge in [0.25, 0.3) is 0 Å². The van der Waals surface area contributed by atoms with E-state index in [1.54, 1.807) is 0 Å². The molecule has 0 N–H and O–H groups in total. The topological polar surface area (TPSA) is 9.23 Å². The maximum absolute atomic E-state index is 5.65. The summed E-state index contributed by atoms with van der Waals surface area (Å²) in [7, 11) is 0. The molecule has 0 aliphatic rings. The van der Waals surface area contributed by atoms with Crippen molar-refractivity contribution in [3.8, 4) is 0 Å². The summed E-state index contributed by atoms with van der Waals surface area (Å²) in [6.07, 6.45) is 0.977. The summed E-state index contributed by atoms with van der Waals surface area (Å²) in [6, 6.07) is 8.37. The highest BCUT2D eigenvalue weighted by Crippen LogP contribution is 2.12. The molecule has 0 bridgehead atoms. The summed E-state index contributed by atoms with van der Waals surface area (Å²) in [5.41, 5.74) is 1.28. The zero-order valence-electron chi connectivity index (χ0n) is 9.01. The molecule has 0 saturated carbocycles. The Hall–Kier alpha value is -0.340. The van der Waals surface area contributed by atoms with Crippen LogP contribution in [0.15, 0.2) is 28.7 Å². The van der Waals surface area contributed by atoms with E-state index in [0.29, 0.717) is 0 Å². The SMILES string of the molecule is CC(C)(C)OCCc1ccc(Br)cc1. The maximum Gasteiger partial charge on any atom is 0.0598 e. The standard InChI is InChI=1S/C12H17BrO/c1-12(2,3)14-9-8-10-4-6-11(13)7-5-10/h4-7H,8-9H2,1-3H3. The number of rotatable bonds is 3. The number of halogens is 1. The highest BCUT2D eigenvalue weighted by Gasteiger charge is 2.08. The zero-order valence-corrected chi connectivity index (χ0v) is 10.6. The van der Waals surface area contributed by atoms with Crippen LogP contribution >= 0.6 is 15.9 Å². The minimum Gasteiger partial charge on any atom is -0.376 e. The van der Waals surface area contributed by atoms with Gasteiger partial charge in [-0.05, 0) is 44.9 Å². The molecule has 0 saturated heterocycles. The highest BCUT2D eigenvalue weighted by atomic mass is 79.9. The number of ether oxygens (including phenoxy) is 1. The van der Waals surface area contributed by atoms with Crippen molar-refractivity contribution in [2.75, 3.05) is 6.61 Å². The molecule has 14 heavy (non-hydrogen) atoms. The van der Waals surface area contributed by atoms with Crippen LogP contribution < -0.4 is 0 Å². The van der Waals surface area contributed by atoms with E-state index in [0.717, 1.165) is 17.5 Å². The Labute approximate surface area is 94.6 Å². The first kappa shape index (κ1) is 11.7. The third-order valence-electron chi connectivity index (χ3n) is 1.84. The van der Waals surface area contributed by atoms with Gasteiger partial charge in [0.05, 0.1) is 12.2 Å². The van der Waals surface area contributed by atoms with Crippen molar-refractivity contribution in [3.63, 3.8) is 0 Å². The van der Waals surface area contributed by atoms with Gasteiger partial charge in [-0.1, -0.05) is 28.1 Å². The van der Waals surface area contributed by atoms with E-state index in [4.69, 9.17) is 4.74 Å². The lowest BCUT2D eigenvalue weighted by atomic mass is 10.1. The van der Waals surface area contributed by atoms with Crippen molar-refractivity contribution in [2.24, 2.45) is 0 Å². The van der Waals surface area contributed by atoms with E-state index < -0.39 is 0 Å². The molecule has 0 atom stereocenters. The molecule has 1 aromatic carbocycles. The summed E-state index contributed by atoms with van der Waals surface area (Å²) in [4.78, 5) is 0. The molecule has 0 aromatic heterocycles. The molecule has 0 unspecified atom stereocenters. The van der Waals surface area contributed by atoms with Gasteiger partial charge in [-0.3, -0.25) is 0 Å². The van der Waals surface area contributed by atoms with Gasteiger partial charge in [-0.25, -0.2) is 0 Å². The minimum atomic E-state index is -0.0324. The van der Waals surface area contributed by atoms with Crippen LogP contribution in [0.2, 0.25) is 0 Å². The first-order valence-corrected chi connectivity index (χ1v) is 5.65. The van der Waals surface area contributed by atoms with E-state index in [1.165, 1.54) is 5.56 Å². The average Bonchev–Trinajstić information content (AvgIpc) is 2.06. The predicted octanol–water partition coefficient (Wildman–Crippen LogP) is 3.81.